The maximum atomic E-state index is 12.2. The number of rotatable bonds is 8. The number of nitrogens with zero attached hydrogens (tertiary/aromatic N) is 2. The lowest BCUT2D eigenvalue weighted by atomic mass is 9.99. The first kappa shape index (κ1) is 19.8. The van der Waals surface area contributed by atoms with E-state index in [-0.39, 0.29) is 5.91 Å². The van der Waals surface area contributed by atoms with Gasteiger partial charge >= 0.3 is 0 Å². The third kappa shape index (κ3) is 5.29. The van der Waals surface area contributed by atoms with Gasteiger partial charge < -0.3 is 5.32 Å². The summed E-state index contributed by atoms with van der Waals surface area (Å²) in [5, 5.41) is 14.3. The molecule has 142 valence electrons. The van der Waals surface area contributed by atoms with Gasteiger partial charge in [0.2, 0.25) is 5.91 Å². The summed E-state index contributed by atoms with van der Waals surface area (Å²) < 4.78 is 0. The summed E-state index contributed by atoms with van der Waals surface area (Å²) in [4.78, 5) is 15.5. The van der Waals surface area contributed by atoms with E-state index in [1.54, 1.807) is 11.3 Å². The Morgan fingerprint density at radius 1 is 1.11 bits per heavy atom. The predicted molar refractivity (Wildman–Crippen MR) is 114 cm³/mol. The van der Waals surface area contributed by atoms with E-state index >= 15 is 0 Å². The van der Waals surface area contributed by atoms with E-state index in [9.17, 15) is 10.1 Å². The van der Waals surface area contributed by atoms with Crippen LogP contribution in [0.4, 0.5) is 0 Å². The van der Waals surface area contributed by atoms with Gasteiger partial charge in [-0.2, -0.15) is 5.26 Å². The molecule has 1 heterocycles. The molecule has 0 unspecified atom stereocenters. The van der Waals surface area contributed by atoms with Gasteiger partial charge in [0.15, 0.2) is 0 Å². The number of nitrogens with one attached hydrogen (secondary N) is 1. The van der Waals surface area contributed by atoms with Crippen molar-refractivity contribution in [3.8, 4) is 17.2 Å². The minimum atomic E-state index is 0.0369. The lowest BCUT2D eigenvalue weighted by molar-refractivity contribution is -0.122. The fourth-order valence-corrected chi connectivity index (χ4v) is 3.66. The summed E-state index contributed by atoms with van der Waals surface area (Å²) in [6.45, 7) is 4.53. The van der Waals surface area contributed by atoms with E-state index in [0.29, 0.717) is 25.2 Å². The van der Waals surface area contributed by atoms with E-state index in [1.807, 2.05) is 53.9 Å². The van der Waals surface area contributed by atoms with Crippen LogP contribution < -0.4 is 5.32 Å². The number of amides is 1. The summed E-state index contributed by atoms with van der Waals surface area (Å²) in [5.74, 6) is 0.0369. The van der Waals surface area contributed by atoms with Crippen LogP contribution in [0.25, 0.3) is 11.1 Å². The highest BCUT2D eigenvalue weighted by atomic mass is 32.1. The highest BCUT2D eigenvalue weighted by molar-refractivity contribution is 7.09. The predicted octanol–water partition coefficient (Wildman–Crippen LogP) is 4.43. The molecule has 3 aromatic rings. The molecule has 0 bridgehead atoms. The van der Waals surface area contributed by atoms with Crippen LogP contribution >= 0.6 is 11.3 Å². The molecule has 1 aromatic heterocycles. The largest absolute Gasteiger partial charge is 0.350 e. The summed E-state index contributed by atoms with van der Waals surface area (Å²) in [6, 6.07) is 22.1. The summed E-state index contributed by atoms with van der Waals surface area (Å²) >= 11 is 1.65. The number of hydrogen-bond donors (Lipinski definition) is 1. The number of benzene rings is 2. The maximum absolute atomic E-state index is 12.2. The quantitative estimate of drug-likeness (QED) is 0.620. The molecule has 0 atom stereocenters. The molecule has 0 radical (unpaired) electrons. The fourth-order valence-electron chi connectivity index (χ4n) is 3.02. The molecular formula is C23H23N3OS. The van der Waals surface area contributed by atoms with Crippen LogP contribution in [0.15, 0.2) is 66.0 Å². The fraction of sp³-hybridized carbons (Fsp3) is 0.217. The molecule has 3 rings (SSSR count). The van der Waals surface area contributed by atoms with Crippen LogP contribution in [-0.2, 0) is 17.9 Å². The van der Waals surface area contributed by atoms with Gasteiger partial charge in [0.1, 0.15) is 0 Å². The second kappa shape index (κ2) is 9.84. The summed E-state index contributed by atoms with van der Waals surface area (Å²) in [7, 11) is 0. The van der Waals surface area contributed by atoms with Crippen molar-refractivity contribution in [1.82, 2.24) is 10.2 Å². The van der Waals surface area contributed by atoms with E-state index in [0.717, 1.165) is 28.1 Å². The molecular weight excluding hydrogens is 366 g/mol. The van der Waals surface area contributed by atoms with Crippen molar-refractivity contribution in [2.45, 2.75) is 20.0 Å². The lowest BCUT2D eigenvalue weighted by Crippen LogP contribution is -2.36. The molecule has 4 nitrogen and oxygen atoms in total. The van der Waals surface area contributed by atoms with Crippen molar-refractivity contribution < 1.29 is 4.79 Å². The Hall–Kier alpha value is -2.94. The van der Waals surface area contributed by atoms with Crippen molar-refractivity contribution >= 4 is 17.2 Å². The van der Waals surface area contributed by atoms with Crippen LogP contribution in [0, 0.1) is 11.3 Å². The smallest absolute Gasteiger partial charge is 0.234 e. The maximum Gasteiger partial charge on any atom is 0.234 e. The topological polar surface area (TPSA) is 56.1 Å². The first-order valence-corrected chi connectivity index (χ1v) is 10.2. The molecule has 0 aliphatic heterocycles. The van der Waals surface area contributed by atoms with Crippen LogP contribution in [0.1, 0.15) is 22.9 Å². The number of hydrogen-bond acceptors (Lipinski definition) is 4. The second-order valence-electron chi connectivity index (χ2n) is 6.51. The first-order valence-electron chi connectivity index (χ1n) is 9.29. The number of thiophene rings is 1. The molecule has 0 spiro atoms. The molecule has 5 heteroatoms. The van der Waals surface area contributed by atoms with Gasteiger partial charge in [0.05, 0.1) is 24.7 Å². The van der Waals surface area contributed by atoms with Crippen LogP contribution in [-0.4, -0.2) is 23.9 Å². The Balaban J connectivity index is 1.58. The van der Waals surface area contributed by atoms with E-state index in [4.69, 9.17) is 0 Å². The Kier molecular flexibility index (Phi) is 6.96. The van der Waals surface area contributed by atoms with Crippen molar-refractivity contribution in [2.24, 2.45) is 0 Å². The standard InChI is InChI=1S/C23H23N3OS/c1-2-26(17-23(27)25-15-21-7-5-13-28-21)16-18-9-11-19(12-10-18)22-8-4-3-6-20(22)14-24/h3-13H,2,15-17H2,1H3,(H,25,27). The molecule has 0 aliphatic rings. The zero-order valence-corrected chi connectivity index (χ0v) is 16.7. The molecule has 1 amide bonds. The Bertz CT molecular complexity index is 943. The summed E-state index contributed by atoms with van der Waals surface area (Å²) in [5.41, 5.74) is 3.79. The van der Waals surface area contributed by atoms with Crippen molar-refractivity contribution in [2.75, 3.05) is 13.1 Å². The third-order valence-electron chi connectivity index (χ3n) is 4.57. The Labute approximate surface area is 170 Å². The van der Waals surface area contributed by atoms with Crippen molar-refractivity contribution in [3.05, 3.63) is 82.0 Å². The highest BCUT2D eigenvalue weighted by Crippen LogP contribution is 2.23. The molecule has 0 aliphatic carbocycles. The lowest BCUT2D eigenvalue weighted by Gasteiger charge is -2.20. The minimum absolute atomic E-state index is 0.0369. The van der Waals surface area contributed by atoms with Crippen LogP contribution in [0.3, 0.4) is 0 Å². The van der Waals surface area contributed by atoms with E-state index in [2.05, 4.69) is 35.3 Å². The number of carbonyl (C=O) groups excluding carboxylic acids is 1. The second-order valence-corrected chi connectivity index (χ2v) is 7.55. The van der Waals surface area contributed by atoms with Gasteiger partial charge in [0, 0.05) is 11.4 Å². The van der Waals surface area contributed by atoms with Gasteiger partial charge in [-0.05, 0) is 40.7 Å². The summed E-state index contributed by atoms with van der Waals surface area (Å²) in [6.07, 6.45) is 0. The number of carbonyl (C=O) groups is 1. The monoisotopic (exact) mass is 389 g/mol. The molecule has 0 saturated heterocycles. The molecule has 0 fully saturated rings. The zero-order chi connectivity index (χ0) is 19.8. The number of nitriles is 1. The normalized spacial score (nSPS) is 10.6. The van der Waals surface area contributed by atoms with Crippen LogP contribution in [0.2, 0.25) is 0 Å². The van der Waals surface area contributed by atoms with Gasteiger partial charge in [-0.3, -0.25) is 9.69 Å². The van der Waals surface area contributed by atoms with E-state index < -0.39 is 0 Å². The first-order chi connectivity index (χ1) is 13.7. The van der Waals surface area contributed by atoms with Crippen molar-refractivity contribution in [1.29, 1.82) is 5.26 Å². The van der Waals surface area contributed by atoms with Gasteiger partial charge in [0.25, 0.3) is 0 Å². The zero-order valence-electron chi connectivity index (χ0n) is 15.9. The highest BCUT2D eigenvalue weighted by Gasteiger charge is 2.10. The Morgan fingerprint density at radius 3 is 2.57 bits per heavy atom. The molecule has 2 aromatic carbocycles. The number of likely N-dealkylation sites (N-methyl/N-ethyl adjacent to an activating group) is 1. The van der Waals surface area contributed by atoms with E-state index in [1.165, 1.54) is 0 Å². The van der Waals surface area contributed by atoms with Gasteiger partial charge in [-0.1, -0.05) is 55.5 Å². The third-order valence-corrected chi connectivity index (χ3v) is 5.45. The average Bonchev–Trinajstić information content (AvgIpc) is 3.26. The molecule has 0 saturated carbocycles. The Morgan fingerprint density at radius 2 is 1.89 bits per heavy atom. The molecule has 1 N–H and O–H groups in total. The average molecular weight is 390 g/mol. The van der Waals surface area contributed by atoms with Crippen molar-refractivity contribution in [3.63, 3.8) is 0 Å². The molecule has 28 heavy (non-hydrogen) atoms. The minimum Gasteiger partial charge on any atom is -0.350 e. The van der Waals surface area contributed by atoms with Crippen LogP contribution in [0.5, 0.6) is 0 Å². The SMILES string of the molecule is CCN(CC(=O)NCc1cccs1)Cc1ccc(-c2ccccc2C#N)cc1. The van der Waals surface area contributed by atoms with Gasteiger partial charge in [-0.15, -0.1) is 11.3 Å². The van der Waals surface area contributed by atoms with Gasteiger partial charge in [-0.25, -0.2) is 0 Å².